The second-order valence-electron chi connectivity index (χ2n) is 3.27. The second kappa shape index (κ2) is 5.75. The number of nitrogens with one attached hydrogen (secondary N) is 1. The van der Waals surface area contributed by atoms with Crippen molar-refractivity contribution in [2.75, 3.05) is 7.11 Å². The van der Waals surface area contributed by atoms with Crippen LogP contribution in [0.2, 0.25) is 0 Å². The Hall–Kier alpha value is -2.04. The molecule has 1 aromatic carbocycles. The molecule has 1 rings (SSSR count). The third kappa shape index (κ3) is 3.61. The number of methoxy groups -OCH3 is 1. The highest BCUT2D eigenvalue weighted by Gasteiger charge is 2.20. The summed E-state index contributed by atoms with van der Waals surface area (Å²) in [4.78, 5) is 22.1. The van der Waals surface area contributed by atoms with Crippen LogP contribution >= 0.6 is 0 Å². The lowest BCUT2D eigenvalue weighted by molar-refractivity contribution is -0.142. The Kier molecular flexibility index (Phi) is 4.32. The van der Waals surface area contributed by atoms with Crippen LogP contribution in [-0.4, -0.2) is 25.2 Å². The fourth-order valence-electron chi connectivity index (χ4n) is 1.36. The van der Waals surface area contributed by atoms with Gasteiger partial charge in [0.2, 0.25) is 0 Å². The van der Waals surface area contributed by atoms with Crippen molar-refractivity contribution in [1.29, 1.82) is 0 Å². The standard InChI is InChI=1S/C11H14N2O3/c1-16-10(14)9(13-11(12)15)7-8-5-3-2-4-6-8/h2-6,9H,7H2,1H3,(H3,12,13,15)/t9-/m1/s1. The lowest BCUT2D eigenvalue weighted by Gasteiger charge is -2.14. The molecule has 0 bridgehead atoms. The van der Waals surface area contributed by atoms with E-state index in [9.17, 15) is 9.59 Å². The van der Waals surface area contributed by atoms with Crippen molar-refractivity contribution >= 4 is 12.0 Å². The van der Waals surface area contributed by atoms with Gasteiger partial charge in [0.25, 0.3) is 0 Å². The minimum absolute atomic E-state index is 0.358. The molecule has 1 atom stereocenters. The predicted molar refractivity (Wildman–Crippen MR) is 58.7 cm³/mol. The van der Waals surface area contributed by atoms with Gasteiger partial charge in [-0.3, -0.25) is 0 Å². The summed E-state index contributed by atoms with van der Waals surface area (Å²) < 4.78 is 4.58. The summed E-state index contributed by atoms with van der Waals surface area (Å²) in [6.07, 6.45) is 0.358. The fraction of sp³-hybridized carbons (Fsp3) is 0.273. The molecule has 5 nitrogen and oxygen atoms in total. The van der Waals surface area contributed by atoms with Gasteiger partial charge in [-0.05, 0) is 5.56 Å². The summed E-state index contributed by atoms with van der Waals surface area (Å²) in [7, 11) is 1.27. The number of ether oxygens (including phenoxy) is 1. The van der Waals surface area contributed by atoms with Crippen molar-refractivity contribution in [2.24, 2.45) is 5.73 Å². The van der Waals surface area contributed by atoms with E-state index in [1.165, 1.54) is 7.11 Å². The van der Waals surface area contributed by atoms with Gasteiger partial charge in [0, 0.05) is 6.42 Å². The number of primary amides is 1. The molecule has 0 fully saturated rings. The first-order valence-corrected chi connectivity index (χ1v) is 4.81. The molecule has 86 valence electrons. The number of urea groups is 1. The van der Waals surface area contributed by atoms with Gasteiger partial charge >= 0.3 is 12.0 Å². The number of esters is 1. The molecule has 0 saturated heterocycles. The highest BCUT2D eigenvalue weighted by Crippen LogP contribution is 2.04. The number of nitrogens with two attached hydrogens (primary N) is 1. The monoisotopic (exact) mass is 222 g/mol. The SMILES string of the molecule is COC(=O)[C@@H](Cc1ccccc1)NC(N)=O. The molecule has 0 unspecified atom stereocenters. The van der Waals surface area contributed by atoms with E-state index in [0.29, 0.717) is 6.42 Å². The molecule has 0 aliphatic carbocycles. The number of benzene rings is 1. The molecular weight excluding hydrogens is 208 g/mol. The van der Waals surface area contributed by atoms with Crippen molar-refractivity contribution in [1.82, 2.24) is 5.32 Å². The summed E-state index contributed by atoms with van der Waals surface area (Å²) >= 11 is 0. The molecule has 3 N–H and O–H groups in total. The van der Waals surface area contributed by atoms with Crippen LogP contribution in [0.5, 0.6) is 0 Å². The highest BCUT2D eigenvalue weighted by atomic mass is 16.5. The van der Waals surface area contributed by atoms with Gasteiger partial charge in [-0.2, -0.15) is 0 Å². The molecule has 2 amide bonds. The van der Waals surface area contributed by atoms with Crippen LogP contribution in [0.4, 0.5) is 4.79 Å². The van der Waals surface area contributed by atoms with Crippen LogP contribution in [0.3, 0.4) is 0 Å². The lowest BCUT2D eigenvalue weighted by atomic mass is 10.1. The average Bonchev–Trinajstić information content (AvgIpc) is 2.28. The summed E-state index contributed by atoms with van der Waals surface area (Å²) in [5.74, 6) is -0.511. The first-order valence-electron chi connectivity index (χ1n) is 4.81. The summed E-state index contributed by atoms with van der Waals surface area (Å²) in [5.41, 5.74) is 5.90. The van der Waals surface area contributed by atoms with E-state index in [4.69, 9.17) is 5.73 Å². The third-order valence-electron chi connectivity index (χ3n) is 2.08. The molecule has 0 saturated carbocycles. The number of amides is 2. The Balaban J connectivity index is 2.70. The second-order valence-corrected chi connectivity index (χ2v) is 3.27. The number of carbonyl (C=O) groups is 2. The van der Waals surface area contributed by atoms with Crippen LogP contribution in [0.15, 0.2) is 30.3 Å². The van der Waals surface area contributed by atoms with Crippen LogP contribution < -0.4 is 11.1 Å². The highest BCUT2D eigenvalue weighted by molar-refractivity contribution is 5.82. The fourth-order valence-corrected chi connectivity index (χ4v) is 1.36. The minimum atomic E-state index is -0.745. The Morgan fingerprint density at radius 3 is 2.50 bits per heavy atom. The first-order chi connectivity index (χ1) is 7.63. The number of carbonyl (C=O) groups excluding carboxylic acids is 2. The van der Waals surface area contributed by atoms with E-state index in [2.05, 4.69) is 10.1 Å². The van der Waals surface area contributed by atoms with E-state index in [1.54, 1.807) is 0 Å². The van der Waals surface area contributed by atoms with Crippen molar-refractivity contribution in [3.05, 3.63) is 35.9 Å². The van der Waals surface area contributed by atoms with Crippen LogP contribution in [0, 0.1) is 0 Å². The summed E-state index contributed by atoms with van der Waals surface area (Å²) in [6.45, 7) is 0. The summed E-state index contributed by atoms with van der Waals surface area (Å²) in [6, 6.07) is 7.81. The maximum Gasteiger partial charge on any atom is 0.328 e. The molecule has 0 heterocycles. The topological polar surface area (TPSA) is 81.4 Å². The van der Waals surface area contributed by atoms with E-state index in [1.807, 2.05) is 30.3 Å². The Morgan fingerprint density at radius 2 is 2.00 bits per heavy atom. The van der Waals surface area contributed by atoms with Gasteiger partial charge in [0.05, 0.1) is 7.11 Å². The Labute approximate surface area is 93.6 Å². The molecule has 0 aliphatic heterocycles. The zero-order valence-electron chi connectivity index (χ0n) is 8.97. The van der Waals surface area contributed by atoms with E-state index in [-0.39, 0.29) is 0 Å². The average molecular weight is 222 g/mol. The van der Waals surface area contributed by atoms with Gasteiger partial charge in [-0.25, -0.2) is 9.59 Å². The molecule has 16 heavy (non-hydrogen) atoms. The molecule has 1 aromatic rings. The lowest BCUT2D eigenvalue weighted by Crippen LogP contribution is -2.45. The zero-order chi connectivity index (χ0) is 12.0. The molecule has 0 spiro atoms. The van der Waals surface area contributed by atoms with Crippen LogP contribution in [-0.2, 0) is 16.0 Å². The maximum atomic E-state index is 11.4. The van der Waals surface area contributed by atoms with E-state index < -0.39 is 18.0 Å². The van der Waals surface area contributed by atoms with Gasteiger partial charge in [0.1, 0.15) is 6.04 Å². The van der Waals surface area contributed by atoms with E-state index in [0.717, 1.165) is 5.56 Å². The van der Waals surface area contributed by atoms with E-state index >= 15 is 0 Å². The molecule has 0 aromatic heterocycles. The van der Waals surface area contributed by atoms with Crippen molar-refractivity contribution in [3.63, 3.8) is 0 Å². The number of hydrogen-bond acceptors (Lipinski definition) is 3. The predicted octanol–water partition coefficient (Wildman–Crippen LogP) is 0.439. The smallest absolute Gasteiger partial charge is 0.328 e. The first kappa shape index (κ1) is 12.0. The molecule has 0 aliphatic rings. The van der Waals surface area contributed by atoms with Gasteiger partial charge in [-0.15, -0.1) is 0 Å². The number of hydrogen-bond donors (Lipinski definition) is 2. The summed E-state index contributed by atoms with van der Waals surface area (Å²) in [5, 5.41) is 2.34. The van der Waals surface area contributed by atoms with Crippen molar-refractivity contribution < 1.29 is 14.3 Å². The normalized spacial score (nSPS) is 11.6. The maximum absolute atomic E-state index is 11.4. The Bertz CT molecular complexity index is 365. The van der Waals surface area contributed by atoms with Gasteiger partial charge < -0.3 is 15.8 Å². The third-order valence-corrected chi connectivity index (χ3v) is 2.08. The molecule has 0 radical (unpaired) electrons. The zero-order valence-corrected chi connectivity index (χ0v) is 8.97. The van der Waals surface area contributed by atoms with Gasteiger partial charge in [-0.1, -0.05) is 30.3 Å². The van der Waals surface area contributed by atoms with Crippen LogP contribution in [0.1, 0.15) is 5.56 Å². The molecular formula is C11H14N2O3. The Morgan fingerprint density at radius 1 is 1.38 bits per heavy atom. The van der Waals surface area contributed by atoms with Gasteiger partial charge in [0.15, 0.2) is 0 Å². The largest absolute Gasteiger partial charge is 0.467 e. The van der Waals surface area contributed by atoms with Crippen molar-refractivity contribution in [3.8, 4) is 0 Å². The minimum Gasteiger partial charge on any atom is -0.467 e. The quantitative estimate of drug-likeness (QED) is 0.725. The van der Waals surface area contributed by atoms with Crippen LogP contribution in [0.25, 0.3) is 0 Å². The number of rotatable bonds is 4. The van der Waals surface area contributed by atoms with Crippen molar-refractivity contribution in [2.45, 2.75) is 12.5 Å². The molecule has 5 heteroatoms.